The van der Waals surface area contributed by atoms with Gasteiger partial charge in [-0.25, -0.2) is 4.39 Å². The molecule has 4 heteroatoms. The van der Waals surface area contributed by atoms with Gasteiger partial charge in [-0.2, -0.15) is 0 Å². The molecule has 0 aliphatic heterocycles. The van der Waals surface area contributed by atoms with E-state index in [0.717, 1.165) is 0 Å². The number of carbonyl (C=O) groups is 1. The van der Waals surface area contributed by atoms with Crippen molar-refractivity contribution in [2.24, 2.45) is 0 Å². The fraction of sp³-hybridized carbons (Fsp3) is 0.0714. The van der Waals surface area contributed by atoms with Crippen LogP contribution in [0, 0.1) is 5.82 Å². The van der Waals surface area contributed by atoms with Gasteiger partial charge < -0.3 is 5.11 Å². The van der Waals surface area contributed by atoms with Crippen molar-refractivity contribution >= 4 is 17.6 Å². The van der Waals surface area contributed by atoms with Gasteiger partial charge in [-0.3, -0.25) is 4.79 Å². The van der Waals surface area contributed by atoms with E-state index in [2.05, 4.69) is 0 Å². The normalized spacial score (nSPS) is 10.3. The summed E-state index contributed by atoms with van der Waals surface area (Å²) in [6.07, 6.45) is -0.141. The molecule has 2 aromatic carbocycles. The third kappa shape index (κ3) is 2.68. The molecule has 0 saturated heterocycles. The molecule has 18 heavy (non-hydrogen) atoms. The largest absolute Gasteiger partial charge is 0.481 e. The molecule has 2 rings (SSSR count). The molecule has 0 bridgehead atoms. The first-order valence-corrected chi connectivity index (χ1v) is 5.71. The maximum atomic E-state index is 13.8. The summed E-state index contributed by atoms with van der Waals surface area (Å²) in [7, 11) is 0. The molecule has 0 atom stereocenters. The monoisotopic (exact) mass is 264 g/mol. The topological polar surface area (TPSA) is 37.3 Å². The molecule has 0 amide bonds. The summed E-state index contributed by atoms with van der Waals surface area (Å²) in [5.41, 5.74) is 1.42. The first-order valence-electron chi connectivity index (χ1n) is 5.33. The van der Waals surface area contributed by atoms with Crippen molar-refractivity contribution in [2.45, 2.75) is 6.42 Å². The van der Waals surface area contributed by atoms with Gasteiger partial charge in [0.2, 0.25) is 0 Å². The summed E-state index contributed by atoms with van der Waals surface area (Å²) >= 11 is 6.01. The summed E-state index contributed by atoms with van der Waals surface area (Å²) in [4.78, 5) is 10.6. The van der Waals surface area contributed by atoms with Crippen LogP contribution in [-0.4, -0.2) is 11.1 Å². The lowest BCUT2D eigenvalue weighted by Crippen LogP contribution is -2.00. The number of hydrogen-bond donors (Lipinski definition) is 1. The van der Waals surface area contributed by atoms with Crippen LogP contribution in [0.15, 0.2) is 42.5 Å². The molecule has 1 N–H and O–H groups in total. The lowest BCUT2D eigenvalue weighted by molar-refractivity contribution is -0.136. The highest BCUT2D eigenvalue weighted by molar-refractivity contribution is 6.33. The highest BCUT2D eigenvalue weighted by Gasteiger charge is 2.10. The minimum absolute atomic E-state index is 0.141. The Kier molecular flexibility index (Phi) is 3.63. The number of carboxylic acids is 1. The predicted molar refractivity (Wildman–Crippen MR) is 68.2 cm³/mol. The van der Waals surface area contributed by atoms with Gasteiger partial charge in [0.05, 0.1) is 6.42 Å². The van der Waals surface area contributed by atoms with Gasteiger partial charge in [0.25, 0.3) is 0 Å². The van der Waals surface area contributed by atoms with Crippen molar-refractivity contribution in [1.29, 1.82) is 0 Å². The number of aliphatic carboxylic acids is 1. The smallest absolute Gasteiger partial charge is 0.307 e. The standard InChI is InChI=1S/C14H10ClFO2/c15-12-4-2-1-3-10(12)11-7-9(8-14(17)18)5-6-13(11)16/h1-7H,8H2,(H,17,18). The van der Waals surface area contributed by atoms with Crippen LogP contribution in [0.5, 0.6) is 0 Å². The lowest BCUT2D eigenvalue weighted by Gasteiger charge is -2.07. The zero-order valence-corrected chi connectivity index (χ0v) is 10.1. The van der Waals surface area contributed by atoms with Gasteiger partial charge in [-0.15, -0.1) is 0 Å². The van der Waals surface area contributed by atoms with E-state index in [9.17, 15) is 9.18 Å². The molecule has 0 radical (unpaired) electrons. The van der Waals surface area contributed by atoms with Gasteiger partial charge in [-0.05, 0) is 23.8 Å². The molecule has 92 valence electrons. The third-order valence-corrected chi connectivity index (χ3v) is 2.88. The zero-order chi connectivity index (χ0) is 13.1. The van der Waals surface area contributed by atoms with Crippen molar-refractivity contribution in [3.63, 3.8) is 0 Å². The number of benzene rings is 2. The van der Waals surface area contributed by atoms with Crippen molar-refractivity contribution in [2.75, 3.05) is 0 Å². The Hall–Kier alpha value is -1.87. The van der Waals surface area contributed by atoms with Crippen molar-refractivity contribution in [3.05, 3.63) is 58.9 Å². The fourth-order valence-corrected chi connectivity index (χ4v) is 1.98. The Morgan fingerprint density at radius 1 is 1.17 bits per heavy atom. The minimum atomic E-state index is -0.952. The molecule has 0 unspecified atom stereocenters. The van der Waals surface area contributed by atoms with Crippen LogP contribution >= 0.6 is 11.6 Å². The van der Waals surface area contributed by atoms with E-state index in [1.165, 1.54) is 18.2 Å². The average molecular weight is 265 g/mol. The quantitative estimate of drug-likeness (QED) is 0.916. The SMILES string of the molecule is O=C(O)Cc1ccc(F)c(-c2ccccc2Cl)c1. The summed E-state index contributed by atoms with van der Waals surface area (Å²) in [5.74, 6) is -1.37. The predicted octanol–water partition coefficient (Wildman–Crippen LogP) is 3.77. The van der Waals surface area contributed by atoms with Crippen LogP contribution in [0.4, 0.5) is 4.39 Å². The van der Waals surface area contributed by atoms with E-state index in [4.69, 9.17) is 16.7 Å². The van der Waals surface area contributed by atoms with Crippen molar-refractivity contribution < 1.29 is 14.3 Å². The van der Waals surface area contributed by atoms with E-state index in [0.29, 0.717) is 21.7 Å². The Morgan fingerprint density at radius 3 is 2.56 bits per heavy atom. The van der Waals surface area contributed by atoms with Gasteiger partial charge >= 0.3 is 5.97 Å². The Bertz CT molecular complexity index is 596. The van der Waals surface area contributed by atoms with E-state index < -0.39 is 11.8 Å². The van der Waals surface area contributed by atoms with Gasteiger partial charge in [0.1, 0.15) is 5.82 Å². The van der Waals surface area contributed by atoms with Crippen LogP contribution in [0.25, 0.3) is 11.1 Å². The van der Waals surface area contributed by atoms with E-state index in [1.54, 1.807) is 24.3 Å². The molecule has 0 heterocycles. The number of rotatable bonds is 3. The third-order valence-electron chi connectivity index (χ3n) is 2.55. The zero-order valence-electron chi connectivity index (χ0n) is 9.36. The summed E-state index contributed by atoms with van der Waals surface area (Å²) in [5, 5.41) is 9.17. The van der Waals surface area contributed by atoms with Crippen LogP contribution in [0.3, 0.4) is 0 Å². The van der Waals surface area contributed by atoms with Crippen LogP contribution in [-0.2, 0) is 11.2 Å². The maximum Gasteiger partial charge on any atom is 0.307 e. The highest BCUT2D eigenvalue weighted by atomic mass is 35.5. The van der Waals surface area contributed by atoms with Gasteiger partial charge in [-0.1, -0.05) is 35.9 Å². The molecule has 0 aliphatic rings. The van der Waals surface area contributed by atoms with Crippen LogP contribution in [0.2, 0.25) is 5.02 Å². The van der Waals surface area contributed by atoms with Gasteiger partial charge in [0.15, 0.2) is 0 Å². The molecule has 0 spiro atoms. The summed E-state index contributed by atoms with van der Waals surface area (Å²) < 4.78 is 13.8. The molecule has 2 aromatic rings. The lowest BCUT2D eigenvalue weighted by atomic mass is 10.0. The molecular formula is C14H10ClFO2. The molecule has 0 aromatic heterocycles. The van der Waals surface area contributed by atoms with Gasteiger partial charge in [0, 0.05) is 16.1 Å². The molecular weight excluding hydrogens is 255 g/mol. The van der Waals surface area contributed by atoms with Crippen molar-refractivity contribution in [1.82, 2.24) is 0 Å². The summed E-state index contributed by atoms with van der Waals surface area (Å²) in [6.45, 7) is 0. The Labute approximate surface area is 109 Å². The summed E-state index contributed by atoms with van der Waals surface area (Å²) in [6, 6.07) is 11.1. The minimum Gasteiger partial charge on any atom is -0.481 e. The highest BCUT2D eigenvalue weighted by Crippen LogP contribution is 2.30. The number of carboxylic acid groups (broad SMARTS) is 1. The Morgan fingerprint density at radius 2 is 1.89 bits per heavy atom. The maximum absolute atomic E-state index is 13.8. The second kappa shape index (κ2) is 5.19. The number of hydrogen-bond acceptors (Lipinski definition) is 1. The first-order chi connectivity index (χ1) is 8.58. The number of halogens is 2. The second-order valence-corrected chi connectivity index (χ2v) is 4.27. The van der Waals surface area contributed by atoms with Crippen LogP contribution in [0.1, 0.15) is 5.56 Å². The molecule has 0 fully saturated rings. The van der Waals surface area contributed by atoms with Crippen LogP contribution < -0.4 is 0 Å². The van der Waals surface area contributed by atoms with E-state index >= 15 is 0 Å². The average Bonchev–Trinajstić information content (AvgIpc) is 2.32. The second-order valence-electron chi connectivity index (χ2n) is 3.86. The molecule has 0 saturated carbocycles. The van der Waals surface area contributed by atoms with E-state index in [-0.39, 0.29) is 6.42 Å². The van der Waals surface area contributed by atoms with Crippen molar-refractivity contribution in [3.8, 4) is 11.1 Å². The Balaban J connectivity index is 2.50. The fourth-order valence-electron chi connectivity index (χ4n) is 1.74. The molecule has 2 nitrogen and oxygen atoms in total. The molecule has 0 aliphatic carbocycles. The van der Waals surface area contributed by atoms with E-state index in [1.807, 2.05) is 0 Å². The first kappa shape index (κ1) is 12.6.